The number of aryl methyl sites for hydroxylation is 1. The molecule has 0 spiro atoms. The van der Waals surface area contributed by atoms with Crippen LogP contribution in [0.25, 0.3) is 22.0 Å². The van der Waals surface area contributed by atoms with Crippen molar-refractivity contribution in [3.05, 3.63) is 77.3 Å². The molecule has 5 rings (SSSR count). The van der Waals surface area contributed by atoms with E-state index in [0.29, 0.717) is 30.4 Å². The van der Waals surface area contributed by atoms with Crippen LogP contribution in [-0.2, 0) is 11.3 Å². The molecule has 8 heteroatoms. The third-order valence-corrected chi connectivity index (χ3v) is 6.15. The number of morpholine rings is 1. The first-order chi connectivity index (χ1) is 17.2. The SMILES string of the molecule is CCn1c(=O)c(-c2ccccc2)cc2cnc(Nc3ccc(OCCN4CCOCC4)cn3)cc21. The molecule has 35 heavy (non-hydrogen) atoms. The second-order valence-corrected chi connectivity index (χ2v) is 8.41. The lowest BCUT2D eigenvalue weighted by atomic mass is 10.1. The number of fused-ring (bicyclic) bond motifs is 1. The normalized spacial score (nSPS) is 14.2. The highest BCUT2D eigenvalue weighted by Crippen LogP contribution is 2.24. The van der Waals surface area contributed by atoms with Crippen LogP contribution in [0, 0.1) is 0 Å². The summed E-state index contributed by atoms with van der Waals surface area (Å²) in [4.78, 5) is 24.5. The third-order valence-electron chi connectivity index (χ3n) is 6.15. The Morgan fingerprint density at radius 2 is 1.80 bits per heavy atom. The molecular formula is C27H29N5O3. The summed E-state index contributed by atoms with van der Waals surface area (Å²) < 4.78 is 13.0. The van der Waals surface area contributed by atoms with Crippen LogP contribution in [-0.4, -0.2) is 58.9 Å². The highest BCUT2D eigenvalue weighted by molar-refractivity contribution is 5.85. The Hall–Kier alpha value is -3.75. The summed E-state index contributed by atoms with van der Waals surface area (Å²) in [6.07, 6.45) is 3.50. The number of benzene rings is 1. The summed E-state index contributed by atoms with van der Waals surface area (Å²) >= 11 is 0. The van der Waals surface area contributed by atoms with E-state index in [0.717, 1.165) is 55.1 Å². The minimum Gasteiger partial charge on any atom is -0.491 e. The third kappa shape index (κ3) is 5.34. The van der Waals surface area contributed by atoms with Gasteiger partial charge in [0.05, 0.1) is 24.9 Å². The lowest BCUT2D eigenvalue weighted by Gasteiger charge is -2.26. The number of pyridine rings is 3. The minimum atomic E-state index is -0.0138. The van der Waals surface area contributed by atoms with Crippen LogP contribution in [0.15, 0.2) is 71.8 Å². The van der Waals surface area contributed by atoms with Crippen molar-refractivity contribution in [1.29, 1.82) is 0 Å². The van der Waals surface area contributed by atoms with Gasteiger partial charge in [-0.15, -0.1) is 0 Å². The van der Waals surface area contributed by atoms with E-state index in [2.05, 4.69) is 20.2 Å². The van der Waals surface area contributed by atoms with Crippen molar-refractivity contribution >= 4 is 22.5 Å². The van der Waals surface area contributed by atoms with Crippen molar-refractivity contribution in [3.8, 4) is 16.9 Å². The average Bonchev–Trinajstić information content (AvgIpc) is 2.90. The summed E-state index contributed by atoms with van der Waals surface area (Å²) in [6.45, 7) is 7.48. The van der Waals surface area contributed by atoms with Gasteiger partial charge in [0, 0.05) is 49.4 Å². The molecule has 0 aliphatic carbocycles. The fourth-order valence-corrected chi connectivity index (χ4v) is 4.27. The monoisotopic (exact) mass is 471 g/mol. The van der Waals surface area contributed by atoms with Crippen LogP contribution in [0.2, 0.25) is 0 Å². The van der Waals surface area contributed by atoms with Crippen molar-refractivity contribution in [2.75, 3.05) is 44.8 Å². The summed E-state index contributed by atoms with van der Waals surface area (Å²) in [7, 11) is 0. The Bertz CT molecular complexity index is 1330. The largest absolute Gasteiger partial charge is 0.491 e. The number of nitrogens with zero attached hydrogens (tertiary/aromatic N) is 4. The first-order valence-electron chi connectivity index (χ1n) is 12.0. The van der Waals surface area contributed by atoms with Gasteiger partial charge >= 0.3 is 0 Å². The maximum absolute atomic E-state index is 13.2. The van der Waals surface area contributed by atoms with Gasteiger partial charge in [-0.25, -0.2) is 9.97 Å². The van der Waals surface area contributed by atoms with Crippen LogP contribution < -0.4 is 15.6 Å². The van der Waals surface area contributed by atoms with Crippen molar-refractivity contribution in [2.45, 2.75) is 13.5 Å². The van der Waals surface area contributed by atoms with Crippen LogP contribution in [0.3, 0.4) is 0 Å². The minimum absolute atomic E-state index is 0.0138. The second-order valence-electron chi connectivity index (χ2n) is 8.41. The number of hydrogen-bond donors (Lipinski definition) is 1. The zero-order valence-corrected chi connectivity index (χ0v) is 19.8. The van der Waals surface area contributed by atoms with Gasteiger partial charge in [0.2, 0.25) is 0 Å². The van der Waals surface area contributed by atoms with Gasteiger partial charge in [0.1, 0.15) is 24.0 Å². The molecule has 4 heterocycles. The molecule has 1 N–H and O–H groups in total. The van der Waals surface area contributed by atoms with Crippen molar-refractivity contribution in [2.24, 2.45) is 0 Å². The van der Waals surface area contributed by atoms with E-state index < -0.39 is 0 Å². The zero-order valence-electron chi connectivity index (χ0n) is 19.8. The molecule has 0 saturated carbocycles. The second kappa shape index (κ2) is 10.7. The van der Waals surface area contributed by atoms with Crippen LogP contribution in [0.5, 0.6) is 5.75 Å². The summed E-state index contributed by atoms with van der Waals surface area (Å²) in [5.74, 6) is 2.01. The molecule has 0 amide bonds. The molecule has 0 radical (unpaired) electrons. The molecule has 0 unspecified atom stereocenters. The molecule has 1 aliphatic rings. The van der Waals surface area contributed by atoms with Crippen molar-refractivity contribution < 1.29 is 9.47 Å². The molecule has 0 atom stereocenters. The molecule has 1 saturated heterocycles. The number of nitrogens with one attached hydrogen (secondary N) is 1. The first-order valence-corrected chi connectivity index (χ1v) is 12.0. The summed E-state index contributed by atoms with van der Waals surface area (Å²) in [5, 5.41) is 4.14. The van der Waals surface area contributed by atoms with E-state index >= 15 is 0 Å². The van der Waals surface area contributed by atoms with Gasteiger partial charge in [-0.05, 0) is 30.7 Å². The molecule has 1 fully saturated rings. The molecular weight excluding hydrogens is 442 g/mol. The number of aromatic nitrogens is 3. The van der Waals surface area contributed by atoms with Crippen molar-refractivity contribution in [3.63, 3.8) is 0 Å². The lowest BCUT2D eigenvalue weighted by Crippen LogP contribution is -2.38. The van der Waals surface area contributed by atoms with E-state index in [1.807, 2.05) is 61.5 Å². The van der Waals surface area contributed by atoms with E-state index in [9.17, 15) is 4.79 Å². The molecule has 1 aromatic carbocycles. The van der Waals surface area contributed by atoms with E-state index in [1.54, 1.807) is 17.0 Å². The Kier molecular flexibility index (Phi) is 7.02. The van der Waals surface area contributed by atoms with E-state index in [1.165, 1.54) is 0 Å². The standard InChI is InChI=1S/C27H29N5O3/c1-2-32-24-17-26(28-18-21(24)16-23(27(32)33)20-6-4-3-5-7-20)30-25-9-8-22(19-29-25)35-15-12-31-10-13-34-14-11-31/h3-9,16-19H,2,10-15H2,1H3,(H,28,29,30). The molecule has 3 aromatic heterocycles. The Labute approximate surface area is 204 Å². The van der Waals surface area contributed by atoms with Gasteiger partial charge in [-0.1, -0.05) is 30.3 Å². The topological polar surface area (TPSA) is 81.5 Å². The van der Waals surface area contributed by atoms with Crippen molar-refractivity contribution in [1.82, 2.24) is 19.4 Å². The van der Waals surface area contributed by atoms with Gasteiger partial charge < -0.3 is 19.4 Å². The predicted octanol–water partition coefficient (Wildman–Crippen LogP) is 3.93. The first kappa shape index (κ1) is 23.0. The molecule has 4 aromatic rings. The molecule has 1 aliphatic heterocycles. The van der Waals surface area contributed by atoms with Gasteiger partial charge in [-0.2, -0.15) is 0 Å². The van der Waals surface area contributed by atoms with Crippen LogP contribution in [0.4, 0.5) is 11.6 Å². The highest BCUT2D eigenvalue weighted by Gasteiger charge is 2.12. The molecule has 8 nitrogen and oxygen atoms in total. The highest BCUT2D eigenvalue weighted by atomic mass is 16.5. The zero-order chi connectivity index (χ0) is 24.0. The van der Waals surface area contributed by atoms with Gasteiger partial charge in [-0.3, -0.25) is 9.69 Å². The summed E-state index contributed by atoms with van der Waals surface area (Å²) in [6, 6.07) is 17.3. The predicted molar refractivity (Wildman–Crippen MR) is 137 cm³/mol. The average molecular weight is 472 g/mol. The van der Waals surface area contributed by atoms with E-state index in [-0.39, 0.29) is 5.56 Å². The maximum Gasteiger partial charge on any atom is 0.258 e. The lowest BCUT2D eigenvalue weighted by molar-refractivity contribution is 0.0322. The number of rotatable bonds is 8. The van der Waals surface area contributed by atoms with E-state index in [4.69, 9.17) is 9.47 Å². The smallest absolute Gasteiger partial charge is 0.258 e. The Balaban J connectivity index is 1.30. The Morgan fingerprint density at radius 3 is 2.54 bits per heavy atom. The fourth-order valence-electron chi connectivity index (χ4n) is 4.27. The molecule has 0 bridgehead atoms. The number of anilines is 2. The van der Waals surface area contributed by atoms with Crippen LogP contribution >= 0.6 is 0 Å². The number of ether oxygens (including phenoxy) is 2. The number of hydrogen-bond acceptors (Lipinski definition) is 7. The van der Waals surface area contributed by atoms with Gasteiger partial charge in [0.25, 0.3) is 5.56 Å². The van der Waals surface area contributed by atoms with Crippen LogP contribution in [0.1, 0.15) is 6.92 Å². The molecule has 180 valence electrons. The summed E-state index contributed by atoms with van der Waals surface area (Å²) in [5.41, 5.74) is 2.39. The maximum atomic E-state index is 13.2. The van der Waals surface area contributed by atoms with Gasteiger partial charge in [0.15, 0.2) is 0 Å². The fraction of sp³-hybridized carbons (Fsp3) is 0.296. The quantitative estimate of drug-likeness (QED) is 0.417. The Morgan fingerprint density at radius 1 is 1.00 bits per heavy atom.